The Morgan fingerprint density at radius 2 is 1.97 bits per heavy atom. The SMILES string of the molecule is CC(COc1ccc(C(=O)N2CCC(c3ccc(F)cc3)C2)cc1)Cn1cnnn1. The maximum absolute atomic E-state index is 13.1. The second kappa shape index (κ2) is 9.02. The number of benzene rings is 2. The van der Waals surface area contributed by atoms with E-state index in [1.54, 1.807) is 35.3 Å². The standard InChI is InChI=1S/C22H24FN5O2/c1-16(12-28-15-24-25-26-28)14-30-21-8-4-18(5-9-21)22(29)27-11-10-19(13-27)17-2-6-20(23)7-3-17/h2-9,15-16,19H,10-14H2,1H3. The summed E-state index contributed by atoms with van der Waals surface area (Å²) in [4.78, 5) is 14.7. The highest BCUT2D eigenvalue weighted by molar-refractivity contribution is 5.94. The maximum atomic E-state index is 13.1. The van der Waals surface area contributed by atoms with Gasteiger partial charge in [0.2, 0.25) is 0 Å². The van der Waals surface area contributed by atoms with Gasteiger partial charge in [-0.05, 0) is 58.8 Å². The zero-order valence-electron chi connectivity index (χ0n) is 16.8. The molecule has 0 N–H and O–H groups in total. The number of tetrazole rings is 1. The first-order chi connectivity index (χ1) is 14.6. The van der Waals surface area contributed by atoms with Crippen molar-refractivity contribution in [2.75, 3.05) is 19.7 Å². The molecule has 4 rings (SSSR count). The van der Waals surface area contributed by atoms with Gasteiger partial charge in [-0.1, -0.05) is 19.1 Å². The second-order valence-electron chi connectivity index (χ2n) is 7.76. The average molecular weight is 409 g/mol. The molecule has 7 nitrogen and oxygen atoms in total. The molecular weight excluding hydrogens is 385 g/mol. The van der Waals surface area contributed by atoms with Gasteiger partial charge in [-0.15, -0.1) is 5.10 Å². The Morgan fingerprint density at radius 1 is 1.20 bits per heavy atom. The van der Waals surface area contributed by atoms with Gasteiger partial charge in [0.25, 0.3) is 5.91 Å². The fourth-order valence-electron chi connectivity index (χ4n) is 3.70. The van der Waals surface area contributed by atoms with Gasteiger partial charge in [-0.3, -0.25) is 4.79 Å². The van der Waals surface area contributed by atoms with Crippen LogP contribution in [0, 0.1) is 11.7 Å². The molecule has 2 aromatic carbocycles. The van der Waals surface area contributed by atoms with E-state index in [-0.39, 0.29) is 23.6 Å². The van der Waals surface area contributed by atoms with Crippen molar-refractivity contribution < 1.29 is 13.9 Å². The predicted molar refractivity (Wildman–Crippen MR) is 109 cm³/mol. The Bertz CT molecular complexity index is 960. The van der Waals surface area contributed by atoms with Crippen molar-refractivity contribution in [3.05, 3.63) is 71.8 Å². The highest BCUT2D eigenvalue weighted by Gasteiger charge is 2.28. The zero-order chi connectivity index (χ0) is 20.9. The molecule has 1 saturated heterocycles. The molecule has 1 aromatic heterocycles. The zero-order valence-corrected chi connectivity index (χ0v) is 16.8. The Morgan fingerprint density at radius 3 is 2.67 bits per heavy atom. The number of hydrogen-bond donors (Lipinski definition) is 0. The van der Waals surface area contributed by atoms with Gasteiger partial charge in [0.05, 0.1) is 13.2 Å². The molecular formula is C22H24FN5O2. The molecule has 0 spiro atoms. The van der Waals surface area contributed by atoms with Crippen LogP contribution in [0.3, 0.4) is 0 Å². The van der Waals surface area contributed by atoms with Gasteiger partial charge in [-0.2, -0.15) is 0 Å². The molecule has 1 amide bonds. The normalized spacial score (nSPS) is 17.1. The first-order valence-electron chi connectivity index (χ1n) is 10.1. The van der Waals surface area contributed by atoms with Gasteiger partial charge in [-0.25, -0.2) is 9.07 Å². The lowest BCUT2D eigenvalue weighted by atomic mass is 9.99. The van der Waals surface area contributed by atoms with E-state index in [1.807, 2.05) is 17.0 Å². The van der Waals surface area contributed by atoms with Crippen molar-refractivity contribution in [2.24, 2.45) is 5.92 Å². The average Bonchev–Trinajstić information content (AvgIpc) is 3.45. The molecule has 30 heavy (non-hydrogen) atoms. The molecule has 2 unspecified atom stereocenters. The van der Waals surface area contributed by atoms with Crippen LogP contribution in [-0.4, -0.2) is 50.7 Å². The van der Waals surface area contributed by atoms with E-state index in [2.05, 4.69) is 22.4 Å². The van der Waals surface area contributed by atoms with Gasteiger partial charge in [0.1, 0.15) is 17.9 Å². The molecule has 156 valence electrons. The molecule has 0 bridgehead atoms. The number of rotatable bonds is 7. The van der Waals surface area contributed by atoms with Crippen molar-refractivity contribution in [1.29, 1.82) is 0 Å². The minimum absolute atomic E-state index is 0.0122. The fraction of sp³-hybridized carbons (Fsp3) is 0.364. The highest BCUT2D eigenvalue weighted by Crippen LogP contribution is 2.28. The highest BCUT2D eigenvalue weighted by atomic mass is 19.1. The molecule has 8 heteroatoms. The van der Waals surface area contributed by atoms with E-state index < -0.39 is 0 Å². The van der Waals surface area contributed by atoms with Gasteiger partial charge in [0.15, 0.2) is 0 Å². The molecule has 2 heterocycles. The first kappa shape index (κ1) is 20.0. The van der Waals surface area contributed by atoms with E-state index in [0.717, 1.165) is 17.7 Å². The van der Waals surface area contributed by atoms with Crippen molar-refractivity contribution in [3.8, 4) is 5.75 Å². The summed E-state index contributed by atoms with van der Waals surface area (Å²) < 4.78 is 20.6. The lowest BCUT2D eigenvalue weighted by Gasteiger charge is -2.17. The molecule has 2 atom stereocenters. The summed E-state index contributed by atoms with van der Waals surface area (Å²) in [6.45, 7) is 4.61. The van der Waals surface area contributed by atoms with E-state index in [1.165, 1.54) is 12.1 Å². The summed E-state index contributed by atoms with van der Waals surface area (Å²) >= 11 is 0. The van der Waals surface area contributed by atoms with E-state index in [9.17, 15) is 9.18 Å². The number of hydrogen-bond acceptors (Lipinski definition) is 5. The molecule has 3 aromatic rings. The summed E-state index contributed by atoms with van der Waals surface area (Å²) in [6.07, 6.45) is 2.47. The van der Waals surface area contributed by atoms with E-state index >= 15 is 0 Å². The lowest BCUT2D eigenvalue weighted by Crippen LogP contribution is -2.28. The fourth-order valence-corrected chi connectivity index (χ4v) is 3.70. The molecule has 0 radical (unpaired) electrons. The molecule has 1 aliphatic rings. The van der Waals surface area contributed by atoms with Crippen LogP contribution in [0.5, 0.6) is 5.75 Å². The Hall–Kier alpha value is -3.29. The number of carbonyl (C=O) groups is 1. The van der Waals surface area contributed by atoms with Crippen molar-refractivity contribution in [2.45, 2.75) is 25.8 Å². The van der Waals surface area contributed by atoms with Crippen LogP contribution in [0.1, 0.15) is 35.2 Å². The van der Waals surface area contributed by atoms with Crippen LogP contribution in [0.15, 0.2) is 54.9 Å². The van der Waals surface area contributed by atoms with Crippen LogP contribution in [0.2, 0.25) is 0 Å². The summed E-state index contributed by atoms with van der Waals surface area (Å²) in [6, 6.07) is 13.8. The number of halogens is 1. The van der Waals surface area contributed by atoms with Gasteiger partial charge in [0, 0.05) is 30.5 Å². The smallest absolute Gasteiger partial charge is 0.253 e. The second-order valence-corrected chi connectivity index (χ2v) is 7.76. The van der Waals surface area contributed by atoms with Crippen molar-refractivity contribution in [3.63, 3.8) is 0 Å². The topological polar surface area (TPSA) is 73.1 Å². The third-order valence-corrected chi connectivity index (χ3v) is 5.34. The van der Waals surface area contributed by atoms with Crippen LogP contribution < -0.4 is 4.74 Å². The summed E-state index contributed by atoms with van der Waals surface area (Å²) in [7, 11) is 0. The van der Waals surface area contributed by atoms with Crippen LogP contribution in [0.25, 0.3) is 0 Å². The van der Waals surface area contributed by atoms with Crippen molar-refractivity contribution >= 4 is 5.91 Å². The molecule has 0 saturated carbocycles. The summed E-state index contributed by atoms with van der Waals surface area (Å²) in [5.74, 6) is 0.984. The van der Waals surface area contributed by atoms with E-state index in [0.29, 0.717) is 31.8 Å². The lowest BCUT2D eigenvalue weighted by molar-refractivity contribution is 0.0790. The van der Waals surface area contributed by atoms with Gasteiger partial charge < -0.3 is 9.64 Å². The number of ether oxygens (including phenoxy) is 1. The minimum Gasteiger partial charge on any atom is -0.493 e. The number of aromatic nitrogens is 4. The Labute approximate surface area is 174 Å². The number of nitrogens with zero attached hydrogens (tertiary/aromatic N) is 5. The predicted octanol–water partition coefficient (Wildman–Crippen LogP) is 3.16. The monoisotopic (exact) mass is 409 g/mol. The molecule has 1 fully saturated rings. The minimum atomic E-state index is -0.239. The summed E-state index contributed by atoms with van der Waals surface area (Å²) in [5, 5.41) is 11.1. The summed E-state index contributed by atoms with van der Waals surface area (Å²) in [5.41, 5.74) is 1.72. The van der Waals surface area contributed by atoms with Crippen molar-refractivity contribution in [1.82, 2.24) is 25.1 Å². The third-order valence-electron chi connectivity index (χ3n) is 5.34. The van der Waals surface area contributed by atoms with Crippen LogP contribution >= 0.6 is 0 Å². The number of likely N-dealkylation sites (tertiary alicyclic amines) is 1. The maximum Gasteiger partial charge on any atom is 0.253 e. The molecule has 0 aliphatic carbocycles. The third kappa shape index (κ3) is 4.82. The van der Waals surface area contributed by atoms with E-state index in [4.69, 9.17) is 4.74 Å². The number of amides is 1. The number of carbonyl (C=O) groups excluding carboxylic acids is 1. The Kier molecular flexibility index (Phi) is 6.02. The first-order valence-corrected chi connectivity index (χ1v) is 10.1. The Balaban J connectivity index is 1.29. The largest absolute Gasteiger partial charge is 0.493 e. The molecule has 1 aliphatic heterocycles. The van der Waals surface area contributed by atoms with Crippen LogP contribution in [-0.2, 0) is 6.54 Å². The van der Waals surface area contributed by atoms with Gasteiger partial charge >= 0.3 is 0 Å². The quantitative estimate of drug-likeness (QED) is 0.599. The van der Waals surface area contributed by atoms with Crippen LogP contribution in [0.4, 0.5) is 4.39 Å².